The van der Waals surface area contributed by atoms with Crippen LogP contribution < -0.4 is 5.56 Å². The third-order valence-electron chi connectivity index (χ3n) is 4.07. The molecule has 6 heteroatoms. The van der Waals surface area contributed by atoms with Gasteiger partial charge in [-0.25, -0.2) is 0 Å². The third-order valence-corrected chi connectivity index (χ3v) is 4.07. The molecule has 0 aliphatic carbocycles. The molecule has 6 nitrogen and oxygen atoms in total. The van der Waals surface area contributed by atoms with E-state index in [0.29, 0.717) is 29.7 Å². The number of aromatic nitrogens is 4. The van der Waals surface area contributed by atoms with Gasteiger partial charge in [-0.1, -0.05) is 31.1 Å². The summed E-state index contributed by atoms with van der Waals surface area (Å²) in [5, 5.41) is 5.11. The van der Waals surface area contributed by atoms with Crippen LogP contribution in [-0.2, 0) is 6.54 Å². The number of rotatable bonds is 4. The Kier molecular flexibility index (Phi) is 3.72. The van der Waals surface area contributed by atoms with E-state index in [1.54, 1.807) is 10.8 Å². The summed E-state index contributed by atoms with van der Waals surface area (Å²) in [4.78, 5) is 19.9. The van der Waals surface area contributed by atoms with Gasteiger partial charge in [0.05, 0.1) is 0 Å². The van der Waals surface area contributed by atoms with E-state index in [1.807, 2.05) is 36.5 Å². The number of aromatic amines is 1. The maximum atomic E-state index is 12.2. The molecule has 1 N–H and O–H groups in total. The van der Waals surface area contributed by atoms with Gasteiger partial charge in [0.15, 0.2) is 0 Å². The monoisotopic (exact) mass is 334 g/mol. The maximum absolute atomic E-state index is 12.2. The van der Waals surface area contributed by atoms with Crippen LogP contribution in [0.2, 0.25) is 0 Å². The highest BCUT2D eigenvalue weighted by molar-refractivity contribution is 5.93. The largest absolute Gasteiger partial charge is 0.361 e. The van der Waals surface area contributed by atoms with Crippen molar-refractivity contribution in [2.24, 2.45) is 5.92 Å². The van der Waals surface area contributed by atoms with Crippen molar-refractivity contribution in [3.8, 4) is 22.8 Å². The summed E-state index contributed by atoms with van der Waals surface area (Å²) in [5.74, 6) is 1.25. The van der Waals surface area contributed by atoms with Crippen molar-refractivity contribution < 1.29 is 4.52 Å². The minimum atomic E-state index is -0.0707. The number of hydrogen-bond donors (Lipinski definition) is 1. The molecule has 0 saturated carbocycles. The lowest BCUT2D eigenvalue weighted by atomic mass is 10.1. The lowest BCUT2D eigenvalue weighted by molar-refractivity contribution is 0.432. The van der Waals surface area contributed by atoms with E-state index in [4.69, 9.17) is 4.52 Å². The SMILES string of the molecule is CC(C)Cn1ccc(-c2nc(-c3cccc4[nH]ccc34)no2)cc1=O. The van der Waals surface area contributed by atoms with Gasteiger partial charge in [0, 0.05) is 47.0 Å². The van der Waals surface area contributed by atoms with Gasteiger partial charge in [0.25, 0.3) is 11.4 Å². The van der Waals surface area contributed by atoms with E-state index in [0.717, 1.165) is 16.5 Å². The smallest absolute Gasteiger partial charge is 0.258 e. The Morgan fingerprint density at radius 1 is 1.24 bits per heavy atom. The van der Waals surface area contributed by atoms with Crippen LogP contribution >= 0.6 is 0 Å². The minimum Gasteiger partial charge on any atom is -0.361 e. The van der Waals surface area contributed by atoms with E-state index < -0.39 is 0 Å². The molecule has 0 aliphatic heterocycles. The Balaban J connectivity index is 1.71. The number of fused-ring (bicyclic) bond motifs is 1. The lowest BCUT2D eigenvalue weighted by Gasteiger charge is -2.08. The van der Waals surface area contributed by atoms with Gasteiger partial charge in [0.2, 0.25) is 5.82 Å². The molecule has 3 aromatic heterocycles. The highest BCUT2D eigenvalue weighted by Gasteiger charge is 2.14. The standard InChI is InChI=1S/C19H18N4O2/c1-12(2)11-23-9-7-13(10-17(23)24)19-21-18(22-25-19)15-4-3-5-16-14(15)6-8-20-16/h3-10,12,20H,11H2,1-2H3. The Labute approximate surface area is 144 Å². The van der Waals surface area contributed by atoms with E-state index in [2.05, 4.69) is 29.0 Å². The second-order valence-electron chi connectivity index (χ2n) is 6.47. The van der Waals surface area contributed by atoms with Gasteiger partial charge >= 0.3 is 0 Å². The highest BCUT2D eigenvalue weighted by Crippen LogP contribution is 2.27. The second kappa shape index (κ2) is 6.05. The van der Waals surface area contributed by atoms with Crippen molar-refractivity contribution in [2.45, 2.75) is 20.4 Å². The average molecular weight is 334 g/mol. The number of hydrogen-bond acceptors (Lipinski definition) is 4. The zero-order chi connectivity index (χ0) is 17.4. The molecule has 0 spiro atoms. The molecule has 25 heavy (non-hydrogen) atoms. The van der Waals surface area contributed by atoms with Crippen molar-refractivity contribution in [2.75, 3.05) is 0 Å². The van der Waals surface area contributed by atoms with Crippen molar-refractivity contribution in [3.63, 3.8) is 0 Å². The number of pyridine rings is 1. The van der Waals surface area contributed by atoms with E-state index in [-0.39, 0.29) is 5.56 Å². The summed E-state index contributed by atoms with van der Waals surface area (Å²) >= 11 is 0. The van der Waals surface area contributed by atoms with Crippen LogP contribution in [-0.4, -0.2) is 19.7 Å². The molecule has 4 aromatic rings. The molecular weight excluding hydrogens is 316 g/mol. The molecule has 1 aromatic carbocycles. The quantitative estimate of drug-likeness (QED) is 0.617. The average Bonchev–Trinajstić information content (AvgIpc) is 3.24. The van der Waals surface area contributed by atoms with Gasteiger partial charge < -0.3 is 14.1 Å². The van der Waals surface area contributed by atoms with Crippen molar-refractivity contribution >= 4 is 10.9 Å². The fourth-order valence-electron chi connectivity index (χ4n) is 2.92. The van der Waals surface area contributed by atoms with Crippen LogP contribution in [0.4, 0.5) is 0 Å². The Bertz CT molecular complexity index is 1090. The van der Waals surface area contributed by atoms with Crippen molar-refractivity contribution in [1.82, 2.24) is 19.7 Å². The van der Waals surface area contributed by atoms with Crippen LogP contribution in [0.5, 0.6) is 0 Å². The van der Waals surface area contributed by atoms with Crippen LogP contribution in [0.25, 0.3) is 33.7 Å². The Morgan fingerprint density at radius 2 is 2.12 bits per heavy atom. The first-order valence-corrected chi connectivity index (χ1v) is 8.23. The van der Waals surface area contributed by atoms with Gasteiger partial charge in [-0.3, -0.25) is 4.79 Å². The second-order valence-corrected chi connectivity index (χ2v) is 6.47. The summed E-state index contributed by atoms with van der Waals surface area (Å²) < 4.78 is 7.07. The van der Waals surface area contributed by atoms with Gasteiger partial charge in [-0.15, -0.1) is 0 Å². The van der Waals surface area contributed by atoms with Crippen LogP contribution in [0.1, 0.15) is 13.8 Å². The molecule has 3 heterocycles. The van der Waals surface area contributed by atoms with E-state index in [1.165, 1.54) is 6.07 Å². The summed E-state index contributed by atoms with van der Waals surface area (Å²) in [5.41, 5.74) is 2.46. The van der Waals surface area contributed by atoms with Gasteiger partial charge in [-0.05, 0) is 24.1 Å². The summed E-state index contributed by atoms with van der Waals surface area (Å²) in [6, 6.07) is 11.2. The first kappa shape index (κ1) is 15.4. The predicted octanol–water partition coefficient (Wildman–Crippen LogP) is 3.70. The molecule has 0 fully saturated rings. The third kappa shape index (κ3) is 2.87. The number of nitrogens with one attached hydrogen (secondary N) is 1. The molecule has 0 aliphatic rings. The fourth-order valence-corrected chi connectivity index (χ4v) is 2.92. The molecule has 0 radical (unpaired) electrons. The van der Waals surface area contributed by atoms with E-state index >= 15 is 0 Å². The molecule has 0 amide bonds. The first-order valence-electron chi connectivity index (χ1n) is 8.23. The molecule has 4 rings (SSSR count). The minimum absolute atomic E-state index is 0.0707. The van der Waals surface area contributed by atoms with Crippen molar-refractivity contribution in [3.05, 3.63) is 59.1 Å². The zero-order valence-electron chi connectivity index (χ0n) is 14.1. The highest BCUT2D eigenvalue weighted by atomic mass is 16.5. The molecule has 0 bridgehead atoms. The summed E-state index contributed by atoms with van der Waals surface area (Å²) in [7, 11) is 0. The topological polar surface area (TPSA) is 76.7 Å². The normalized spacial score (nSPS) is 11.5. The summed E-state index contributed by atoms with van der Waals surface area (Å²) in [6.07, 6.45) is 3.65. The fraction of sp³-hybridized carbons (Fsp3) is 0.211. The van der Waals surface area contributed by atoms with E-state index in [9.17, 15) is 4.79 Å². The van der Waals surface area contributed by atoms with Crippen LogP contribution in [0.3, 0.4) is 0 Å². The zero-order valence-corrected chi connectivity index (χ0v) is 14.1. The Hall–Kier alpha value is -3.15. The Morgan fingerprint density at radius 3 is 2.92 bits per heavy atom. The van der Waals surface area contributed by atoms with Gasteiger partial charge in [-0.2, -0.15) is 4.98 Å². The maximum Gasteiger partial charge on any atom is 0.258 e. The molecule has 0 saturated heterocycles. The van der Waals surface area contributed by atoms with Gasteiger partial charge in [0.1, 0.15) is 0 Å². The predicted molar refractivity (Wildman–Crippen MR) is 96.1 cm³/mol. The molecule has 0 atom stereocenters. The molecular formula is C19H18N4O2. The number of benzene rings is 1. The van der Waals surface area contributed by atoms with Crippen LogP contribution in [0, 0.1) is 5.92 Å². The lowest BCUT2D eigenvalue weighted by Crippen LogP contribution is -2.20. The van der Waals surface area contributed by atoms with Crippen molar-refractivity contribution in [1.29, 1.82) is 0 Å². The first-order chi connectivity index (χ1) is 12.1. The molecule has 126 valence electrons. The van der Waals surface area contributed by atoms with Crippen LogP contribution in [0.15, 0.2) is 58.1 Å². The number of H-pyrrole nitrogens is 1. The molecule has 0 unspecified atom stereocenters. The number of nitrogens with zero attached hydrogens (tertiary/aromatic N) is 3. The summed E-state index contributed by atoms with van der Waals surface area (Å²) in [6.45, 7) is 4.84.